The lowest BCUT2D eigenvalue weighted by molar-refractivity contribution is -0.120. The summed E-state index contributed by atoms with van der Waals surface area (Å²) in [6.07, 6.45) is 1.35. The number of carbonyl (C=O) groups is 1. The van der Waals surface area contributed by atoms with Gasteiger partial charge in [-0.25, -0.2) is 17.2 Å². The van der Waals surface area contributed by atoms with Crippen molar-refractivity contribution in [3.8, 4) is 11.5 Å². The number of hydrogen-bond donors (Lipinski definition) is 1. The third kappa shape index (κ3) is 5.59. The zero-order valence-electron chi connectivity index (χ0n) is 17.1. The van der Waals surface area contributed by atoms with Crippen LogP contribution in [0, 0.1) is 11.6 Å². The van der Waals surface area contributed by atoms with Gasteiger partial charge in [-0.3, -0.25) is 9.10 Å². The molecule has 10 heteroatoms. The van der Waals surface area contributed by atoms with Crippen molar-refractivity contribution in [3.05, 3.63) is 53.6 Å². The fourth-order valence-electron chi connectivity index (χ4n) is 2.93. The Morgan fingerprint density at radius 2 is 1.77 bits per heavy atom. The molecule has 0 spiro atoms. The third-order valence-electron chi connectivity index (χ3n) is 4.42. The molecule has 0 aliphatic rings. The summed E-state index contributed by atoms with van der Waals surface area (Å²) >= 11 is 0. The lowest BCUT2D eigenvalue weighted by atomic mass is 10.0. The van der Waals surface area contributed by atoms with Crippen LogP contribution in [0.25, 0.3) is 0 Å². The highest BCUT2D eigenvalue weighted by atomic mass is 32.2. The first-order chi connectivity index (χ1) is 14.1. The third-order valence-corrected chi connectivity index (χ3v) is 5.55. The van der Waals surface area contributed by atoms with Crippen molar-refractivity contribution in [1.82, 2.24) is 5.32 Å². The molecule has 2 aromatic carbocycles. The van der Waals surface area contributed by atoms with Gasteiger partial charge in [-0.2, -0.15) is 0 Å². The Morgan fingerprint density at radius 3 is 2.30 bits per heavy atom. The molecule has 0 heterocycles. The maximum atomic E-state index is 14.1. The van der Waals surface area contributed by atoms with Gasteiger partial charge in [0.2, 0.25) is 15.9 Å². The number of carbonyl (C=O) groups excluding carboxylic acids is 1. The van der Waals surface area contributed by atoms with Crippen LogP contribution in [0.1, 0.15) is 24.9 Å². The highest BCUT2D eigenvalue weighted by Crippen LogP contribution is 2.31. The fraction of sp³-hybridized carbons (Fsp3) is 0.350. The van der Waals surface area contributed by atoms with E-state index in [-0.39, 0.29) is 0 Å². The van der Waals surface area contributed by atoms with Gasteiger partial charge in [0, 0.05) is 6.07 Å². The second kappa shape index (κ2) is 9.75. The van der Waals surface area contributed by atoms with Crippen LogP contribution >= 0.6 is 0 Å². The van der Waals surface area contributed by atoms with E-state index in [0.29, 0.717) is 28.3 Å². The van der Waals surface area contributed by atoms with Crippen LogP contribution in [0.2, 0.25) is 0 Å². The molecule has 0 saturated heterocycles. The maximum absolute atomic E-state index is 14.1. The molecule has 1 atom stereocenters. The van der Waals surface area contributed by atoms with E-state index in [4.69, 9.17) is 9.47 Å². The van der Waals surface area contributed by atoms with Crippen molar-refractivity contribution >= 4 is 21.6 Å². The van der Waals surface area contributed by atoms with Crippen molar-refractivity contribution in [3.63, 3.8) is 0 Å². The van der Waals surface area contributed by atoms with E-state index in [9.17, 15) is 22.0 Å². The van der Waals surface area contributed by atoms with Gasteiger partial charge in [-0.05, 0) is 36.2 Å². The zero-order chi connectivity index (χ0) is 22.5. The summed E-state index contributed by atoms with van der Waals surface area (Å²) in [6.45, 7) is 1.18. The van der Waals surface area contributed by atoms with Crippen LogP contribution in [0.5, 0.6) is 11.5 Å². The van der Waals surface area contributed by atoms with E-state index in [0.717, 1.165) is 24.0 Å². The molecule has 0 aliphatic carbocycles. The monoisotopic (exact) mass is 442 g/mol. The Bertz CT molecular complexity index is 1010. The van der Waals surface area contributed by atoms with Gasteiger partial charge in [-0.15, -0.1) is 0 Å². The van der Waals surface area contributed by atoms with Crippen LogP contribution in [-0.4, -0.2) is 41.3 Å². The van der Waals surface area contributed by atoms with Gasteiger partial charge in [0.25, 0.3) is 0 Å². The summed E-state index contributed by atoms with van der Waals surface area (Å²) in [5, 5.41) is 2.74. The number of sulfonamides is 1. The summed E-state index contributed by atoms with van der Waals surface area (Å²) in [7, 11) is -1.01. The predicted octanol–water partition coefficient (Wildman–Crippen LogP) is 3.02. The Hall–Kier alpha value is -2.88. The van der Waals surface area contributed by atoms with Crippen molar-refractivity contribution in [2.45, 2.75) is 19.4 Å². The Morgan fingerprint density at radius 1 is 1.10 bits per heavy atom. The molecule has 0 aromatic heterocycles. The van der Waals surface area contributed by atoms with E-state index in [2.05, 4.69) is 5.32 Å². The number of benzene rings is 2. The molecule has 7 nitrogen and oxygen atoms in total. The van der Waals surface area contributed by atoms with Crippen LogP contribution in [0.3, 0.4) is 0 Å². The van der Waals surface area contributed by atoms with Crippen LogP contribution < -0.4 is 19.1 Å². The molecule has 0 fully saturated rings. The molecule has 2 rings (SSSR count). The van der Waals surface area contributed by atoms with Crippen molar-refractivity contribution < 1.29 is 31.5 Å². The topological polar surface area (TPSA) is 84.9 Å². The van der Waals surface area contributed by atoms with Gasteiger partial charge in [0.05, 0.1) is 32.2 Å². The molecule has 0 saturated carbocycles. The molecule has 1 N–H and O–H groups in total. The van der Waals surface area contributed by atoms with E-state index < -0.39 is 45.8 Å². The van der Waals surface area contributed by atoms with Crippen molar-refractivity contribution in [2.75, 3.05) is 31.3 Å². The molecule has 30 heavy (non-hydrogen) atoms. The summed E-state index contributed by atoms with van der Waals surface area (Å²) in [5.74, 6) is -1.58. The quantitative estimate of drug-likeness (QED) is 0.645. The average Bonchev–Trinajstić information content (AvgIpc) is 2.69. The second-order valence-corrected chi connectivity index (χ2v) is 8.41. The maximum Gasteiger partial charge on any atom is 0.241 e. The van der Waals surface area contributed by atoms with Crippen LogP contribution in [0.4, 0.5) is 14.5 Å². The molecular formula is C20H24F2N2O5S. The van der Waals surface area contributed by atoms with Gasteiger partial charge < -0.3 is 14.8 Å². The lowest BCUT2D eigenvalue weighted by Gasteiger charge is -2.24. The Labute approximate surface area is 174 Å². The van der Waals surface area contributed by atoms with Gasteiger partial charge in [0.15, 0.2) is 11.5 Å². The normalized spacial score (nSPS) is 12.2. The highest BCUT2D eigenvalue weighted by Gasteiger charge is 2.25. The number of rotatable bonds is 9. The van der Waals surface area contributed by atoms with Crippen molar-refractivity contribution in [2.24, 2.45) is 0 Å². The summed E-state index contributed by atoms with van der Waals surface area (Å²) in [6, 6.07) is 7.17. The number of nitrogens with zero attached hydrogens (tertiary/aromatic N) is 1. The molecule has 0 radical (unpaired) electrons. The first-order valence-electron chi connectivity index (χ1n) is 9.04. The van der Waals surface area contributed by atoms with Gasteiger partial charge >= 0.3 is 0 Å². The van der Waals surface area contributed by atoms with Gasteiger partial charge in [0.1, 0.15) is 18.2 Å². The number of nitrogens with one attached hydrogen (secondary N) is 1. The fourth-order valence-corrected chi connectivity index (χ4v) is 3.78. The first kappa shape index (κ1) is 23.4. The van der Waals surface area contributed by atoms with E-state index in [1.165, 1.54) is 14.2 Å². The molecule has 0 unspecified atom stereocenters. The lowest BCUT2D eigenvalue weighted by Crippen LogP contribution is -2.41. The minimum absolute atomic E-state index is 0.409. The number of amides is 1. The number of anilines is 1. The molecular weight excluding hydrogens is 418 g/mol. The van der Waals surface area contributed by atoms with E-state index in [1.807, 2.05) is 6.92 Å². The minimum atomic E-state index is -4.00. The zero-order valence-corrected chi connectivity index (χ0v) is 17.9. The SMILES string of the molecule is CC[C@@H](NC(=O)CN(c1ccc(F)cc1F)S(C)(=O)=O)c1ccc(OC)c(OC)c1. The summed E-state index contributed by atoms with van der Waals surface area (Å²) in [4.78, 5) is 12.6. The summed E-state index contributed by atoms with van der Waals surface area (Å²) < 4.78 is 62.7. The minimum Gasteiger partial charge on any atom is -0.493 e. The molecule has 0 bridgehead atoms. The predicted molar refractivity (Wildman–Crippen MR) is 109 cm³/mol. The van der Waals surface area contributed by atoms with Crippen LogP contribution in [0.15, 0.2) is 36.4 Å². The molecule has 0 aliphatic heterocycles. The number of hydrogen-bond acceptors (Lipinski definition) is 5. The van der Waals surface area contributed by atoms with E-state index >= 15 is 0 Å². The number of ether oxygens (including phenoxy) is 2. The summed E-state index contributed by atoms with van der Waals surface area (Å²) in [5.41, 5.74) is 0.315. The first-order valence-corrected chi connectivity index (χ1v) is 10.9. The molecule has 2 aromatic rings. The molecule has 164 valence electrons. The Kier molecular flexibility index (Phi) is 7.60. The molecule has 1 amide bonds. The van der Waals surface area contributed by atoms with Crippen molar-refractivity contribution in [1.29, 1.82) is 0 Å². The second-order valence-electron chi connectivity index (χ2n) is 6.51. The smallest absolute Gasteiger partial charge is 0.241 e. The number of methoxy groups -OCH3 is 2. The Balaban J connectivity index is 2.25. The standard InChI is InChI=1S/C20H24F2N2O5S/c1-5-16(13-6-9-18(28-2)19(10-13)29-3)23-20(25)12-24(30(4,26)27)17-8-7-14(21)11-15(17)22/h6-11,16H,5,12H2,1-4H3,(H,23,25)/t16-/m1/s1. The average molecular weight is 442 g/mol. The van der Waals surface area contributed by atoms with E-state index in [1.54, 1.807) is 18.2 Å². The van der Waals surface area contributed by atoms with Gasteiger partial charge in [-0.1, -0.05) is 13.0 Å². The highest BCUT2D eigenvalue weighted by molar-refractivity contribution is 7.92. The van der Waals surface area contributed by atoms with Crippen LogP contribution in [-0.2, 0) is 14.8 Å². The number of halogens is 2. The largest absolute Gasteiger partial charge is 0.493 e.